The van der Waals surface area contributed by atoms with E-state index in [0.717, 1.165) is 0 Å². The summed E-state index contributed by atoms with van der Waals surface area (Å²) in [5, 5.41) is 0. The standard InChI is InChI=1S/C12H12N2O3/c13-16-11-7-3-1-5-9(11)15-10-6-2-4-8-12(10)17-14/h1-8H,13-14H2. The fourth-order valence-corrected chi connectivity index (χ4v) is 1.38. The molecule has 0 aromatic heterocycles. The number of ether oxygens (including phenoxy) is 1. The molecule has 2 rings (SSSR count). The third-order valence-electron chi connectivity index (χ3n) is 2.17. The molecule has 5 nitrogen and oxygen atoms in total. The van der Waals surface area contributed by atoms with Crippen molar-refractivity contribution >= 4 is 0 Å². The van der Waals surface area contributed by atoms with Crippen molar-refractivity contribution in [3.05, 3.63) is 48.5 Å². The van der Waals surface area contributed by atoms with Crippen LogP contribution in [0.25, 0.3) is 0 Å². The Hall–Kier alpha value is -2.24. The lowest BCUT2D eigenvalue weighted by Crippen LogP contribution is -2.05. The highest BCUT2D eigenvalue weighted by Gasteiger charge is 2.08. The van der Waals surface area contributed by atoms with Gasteiger partial charge < -0.3 is 14.4 Å². The molecule has 0 heterocycles. The summed E-state index contributed by atoms with van der Waals surface area (Å²) in [6, 6.07) is 14.1. The normalized spacial score (nSPS) is 9.76. The van der Waals surface area contributed by atoms with Gasteiger partial charge in [0.05, 0.1) is 0 Å². The third kappa shape index (κ3) is 2.47. The van der Waals surface area contributed by atoms with E-state index in [1.807, 2.05) is 12.1 Å². The topological polar surface area (TPSA) is 79.7 Å². The van der Waals surface area contributed by atoms with E-state index in [-0.39, 0.29) is 0 Å². The molecule has 0 aliphatic rings. The molecule has 2 aromatic rings. The first kappa shape index (κ1) is 11.3. The predicted molar refractivity (Wildman–Crippen MR) is 62.6 cm³/mol. The van der Waals surface area contributed by atoms with E-state index in [4.69, 9.17) is 26.2 Å². The van der Waals surface area contributed by atoms with Crippen LogP contribution < -0.4 is 26.2 Å². The van der Waals surface area contributed by atoms with E-state index < -0.39 is 0 Å². The molecule has 0 fully saturated rings. The monoisotopic (exact) mass is 232 g/mol. The minimum absolute atomic E-state index is 0.430. The van der Waals surface area contributed by atoms with Crippen molar-refractivity contribution in [1.82, 2.24) is 0 Å². The van der Waals surface area contributed by atoms with Crippen molar-refractivity contribution in [3.8, 4) is 23.0 Å². The fraction of sp³-hybridized carbons (Fsp3) is 0. The summed E-state index contributed by atoms with van der Waals surface area (Å²) in [6.45, 7) is 0. The van der Waals surface area contributed by atoms with Crippen LogP contribution >= 0.6 is 0 Å². The van der Waals surface area contributed by atoms with Crippen LogP contribution in [-0.2, 0) is 0 Å². The molecule has 0 aliphatic heterocycles. The summed E-state index contributed by atoms with van der Waals surface area (Å²) in [4.78, 5) is 9.39. The van der Waals surface area contributed by atoms with Crippen LogP contribution in [0.5, 0.6) is 23.0 Å². The van der Waals surface area contributed by atoms with E-state index in [1.54, 1.807) is 36.4 Å². The maximum atomic E-state index is 5.61. The van der Waals surface area contributed by atoms with Gasteiger partial charge in [0.25, 0.3) is 0 Å². The summed E-state index contributed by atoms with van der Waals surface area (Å²) < 4.78 is 5.61. The molecule has 2 aromatic carbocycles. The first-order valence-corrected chi connectivity index (χ1v) is 4.94. The van der Waals surface area contributed by atoms with Crippen LogP contribution in [-0.4, -0.2) is 0 Å². The summed E-state index contributed by atoms with van der Waals surface area (Å²) in [5.41, 5.74) is 0. The molecule has 0 amide bonds. The van der Waals surface area contributed by atoms with Crippen molar-refractivity contribution < 1.29 is 14.4 Å². The fourth-order valence-electron chi connectivity index (χ4n) is 1.38. The van der Waals surface area contributed by atoms with Crippen LogP contribution in [0.4, 0.5) is 0 Å². The second kappa shape index (κ2) is 5.20. The highest BCUT2D eigenvalue weighted by molar-refractivity contribution is 5.47. The molecule has 0 unspecified atom stereocenters. The van der Waals surface area contributed by atoms with Gasteiger partial charge in [0.2, 0.25) is 0 Å². The Bertz CT molecular complexity index is 457. The summed E-state index contributed by atoms with van der Waals surface area (Å²) in [5.74, 6) is 12.1. The minimum Gasteiger partial charge on any atom is -0.449 e. The first-order valence-electron chi connectivity index (χ1n) is 4.94. The summed E-state index contributed by atoms with van der Waals surface area (Å²) >= 11 is 0. The minimum atomic E-state index is 0.430. The van der Waals surface area contributed by atoms with E-state index in [0.29, 0.717) is 23.0 Å². The SMILES string of the molecule is NOc1ccccc1Oc1ccccc1ON. The Morgan fingerprint density at radius 3 is 1.29 bits per heavy atom. The molecule has 0 aliphatic carbocycles. The van der Waals surface area contributed by atoms with Gasteiger partial charge in [0, 0.05) is 0 Å². The summed E-state index contributed by atoms with van der Waals surface area (Å²) in [7, 11) is 0. The van der Waals surface area contributed by atoms with E-state index in [9.17, 15) is 0 Å². The van der Waals surface area contributed by atoms with Crippen LogP contribution in [0.15, 0.2) is 48.5 Å². The zero-order valence-corrected chi connectivity index (χ0v) is 9.00. The molecule has 17 heavy (non-hydrogen) atoms. The van der Waals surface area contributed by atoms with Crippen LogP contribution in [0, 0.1) is 0 Å². The van der Waals surface area contributed by atoms with Gasteiger partial charge in [-0.2, -0.15) is 11.8 Å². The highest BCUT2D eigenvalue weighted by Crippen LogP contribution is 2.35. The van der Waals surface area contributed by atoms with Gasteiger partial charge in [-0.05, 0) is 24.3 Å². The molecule has 0 atom stereocenters. The Labute approximate surface area is 98.4 Å². The zero-order chi connectivity index (χ0) is 12.1. The van der Waals surface area contributed by atoms with Gasteiger partial charge in [-0.15, -0.1) is 0 Å². The second-order valence-corrected chi connectivity index (χ2v) is 3.23. The smallest absolute Gasteiger partial charge is 0.189 e. The van der Waals surface area contributed by atoms with Crippen molar-refractivity contribution in [2.45, 2.75) is 0 Å². The Morgan fingerprint density at radius 1 is 0.588 bits per heavy atom. The van der Waals surface area contributed by atoms with Gasteiger partial charge in [-0.3, -0.25) is 0 Å². The predicted octanol–water partition coefficient (Wildman–Crippen LogP) is 1.98. The second-order valence-electron chi connectivity index (χ2n) is 3.23. The van der Waals surface area contributed by atoms with Crippen LogP contribution in [0.3, 0.4) is 0 Å². The summed E-state index contributed by atoms with van der Waals surface area (Å²) in [6.07, 6.45) is 0. The number of benzene rings is 2. The Kier molecular flexibility index (Phi) is 3.44. The molecule has 0 spiro atoms. The molecular formula is C12H12N2O3. The Balaban J connectivity index is 2.31. The lowest BCUT2D eigenvalue weighted by atomic mass is 10.3. The largest absolute Gasteiger partial charge is 0.449 e. The number of para-hydroxylation sites is 4. The van der Waals surface area contributed by atoms with Crippen molar-refractivity contribution in [3.63, 3.8) is 0 Å². The third-order valence-corrected chi connectivity index (χ3v) is 2.17. The maximum absolute atomic E-state index is 5.61. The van der Waals surface area contributed by atoms with Crippen LogP contribution in [0.1, 0.15) is 0 Å². The zero-order valence-electron chi connectivity index (χ0n) is 9.00. The lowest BCUT2D eigenvalue weighted by Gasteiger charge is -2.11. The van der Waals surface area contributed by atoms with Crippen LogP contribution in [0.2, 0.25) is 0 Å². The van der Waals surface area contributed by atoms with Crippen molar-refractivity contribution in [1.29, 1.82) is 0 Å². The number of hydrogen-bond acceptors (Lipinski definition) is 5. The molecule has 0 saturated carbocycles. The van der Waals surface area contributed by atoms with Gasteiger partial charge in [-0.1, -0.05) is 24.3 Å². The molecular weight excluding hydrogens is 220 g/mol. The molecule has 5 heteroatoms. The van der Waals surface area contributed by atoms with Crippen molar-refractivity contribution in [2.24, 2.45) is 11.8 Å². The first-order chi connectivity index (χ1) is 8.35. The number of nitrogens with two attached hydrogens (primary N) is 2. The Morgan fingerprint density at radius 2 is 0.941 bits per heavy atom. The number of rotatable bonds is 4. The molecule has 88 valence electrons. The van der Waals surface area contributed by atoms with Gasteiger partial charge in [0.15, 0.2) is 23.0 Å². The average Bonchev–Trinajstić information content (AvgIpc) is 2.40. The molecule has 0 bridgehead atoms. The lowest BCUT2D eigenvalue weighted by molar-refractivity contribution is 0.299. The highest BCUT2D eigenvalue weighted by atomic mass is 16.6. The van der Waals surface area contributed by atoms with Gasteiger partial charge >= 0.3 is 0 Å². The van der Waals surface area contributed by atoms with Gasteiger partial charge in [0.1, 0.15) is 0 Å². The van der Waals surface area contributed by atoms with Gasteiger partial charge in [-0.25, -0.2) is 0 Å². The van der Waals surface area contributed by atoms with E-state index in [1.165, 1.54) is 0 Å². The molecule has 0 radical (unpaired) electrons. The molecule has 0 saturated heterocycles. The van der Waals surface area contributed by atoms with E-state index >= 15 is 0 Å². The van der Waals surface area contributed by atoms with Crippen molar-refractivity contribution in [2.75, 3.05) is 0 Å². The maximum Gasteiger partial charge on any atom is 0.189 e. The number of hydrogen-bond donors (Lipinski definition) is 2. The quantitative estimate of drug-likeness (QED) is 0.788. The molecule has 4 N–H and O–H groups in total. The van der Waals surface area contributed by atoms with E-state index in [2.05, 4.69) is 0 Å². The average molecular weight is 232 g/mol.